The van der Waals surface area contributed by atoms with Crippen LogP contribution < -0.4 is 0 Å². The molecule has 0 aromatic carbocycles. The summed E-state index contributed by atoms with van der Waals surface area (Å²) >= 11 is 6.20. The number of hydrogen-bond acceptors (Lipinski definition) is 4. The molecule has 2 unspecified atom stereocenters. The Hall–Kier alpha value is -1.14. The predicted molar refractivity (Wildman–Crippen MR) is 78.6 cm³/mol. The Kier molecular flexibility index (Phi) is 3.46. The van der Waals surface area contributed by atoms with Crippen LogP contribution in [0, 0.1) is 5.92 Å². The normalized spacial score (nSPS) is 23.2. The van der Waals surface area contributed by atoms with Crippen molar-refractivity contribution in [3.8, 4) is 0 Å². The van der Waals surface area contributed by atoms with Crippen LogP contribution in [0.2, 0.25) is 0 Å². The monoisotopic (exact) mass is 313 g/mol. The van der Waals surface area contributed by atoms with Crippen LogP contribution in [0.15, 0.2) is 18.5 Å². The van der Waals surface area contributed by atoms with Gasteiger partial charge in [-0.05, 0) is 25.3 Å². The molecule has 2 aromatic rings. The highest BCUT2D eigenvalue weighted by atomic mass is 35.5. The number of halogens is 1. The maximum Gasteiger partial charge on any atom is 0.150 e. The van der Waals surface area contributed by atoms with E-state index >= 15 is 0 Å². The van der Waals surface area contributed by atoms with Gasteiger partial charge in [0.05, 0.1) is 28.6 Å². The zero-order chi connectivity index (χ0) is 14.3. The molecule has 0 amide bonds. The number of rotatable bonds is 3. The van der Waals surface area contributed by atoms with E-state index in [0.717, 1.165) is 16.9 Å². The lowest BCUT2D eigenvalue weighted by molar-refractivity contribution is 0.486. The molecule has 3 rings (SSSR count). The molecule has 0 spiro atoms. The average Bonchev–Trinajstić information content (AvgIpc) is 2.91. The van der Waals surface area contributed by atoms with Gasteiger partial charge in [-0.3, -0.25) is 4.98 Å². The fourth-order valence-corrected chi connectivity index (χ4v) is 4.79. The van der Waals surface area contributed by atoms with E-state index in [1.165, 1.54) is 0 Å². The molecule has 3 heterocycles. The topological polar surface area (TPSA) is 64.8 Å². The fourth-order valence-electron chi connectivity index (χ4n) is 2.77. The second-order valence-electron chi connectivity index (χ2n) is 5.33. The number of sulfone groups is 1. The summed E-state index contributed by atoms with van der Waals surface area (Å²) in [4.78, 5) is 8.58. The van der Waals surface area contributed by atoms with Crippen molar-refractivity contribution in [2.75, 3.05) is 11.5 Å². The smallest absolute Gasteiger partial charge is 0.150 e. The first kappa shape index (κ1) is 13.8. The SMILES string of the molecule is CC(Cl)c1nc2cnccc2n1CC1CCS(=O)(=O)C1. The molecule has 1 fully saturated rings. The number of alkyl halides is 1. The second-order valence-corrected chi connectivity index (χ2v) is 8.21. The molecule has 0 radical (unpaired) electrons. The van der Waals surface area contributed by atoms with Crippen molar-refractivity contribution in [2.24, 2.45) is 5.92 Å². The molecule has 2 atom stereocenters. The highest BCUT2D eigenvalue weighted by Gasteiger charge is 2.29. The van der Waals surface area contributed by atoms with E-state index < -0.39 is 9.84 Å². The molecule has 0 saturated carbocycles. The summed E-state index contributed by atoms with van der Waals surface area (Å²) in [6.45, 7) is 2.52. The third kappa shape index (κ3) is 2.54. The molecule has 7 heteroatoms. The summed E-state index contributed by atoms with van der Waals surface area (Å²) in [6, 6.07) is 1.90. The first-order valence-corrected chi connectivity index (χ1v) is 8.87. The fraction of sp³-hybridized carbons (Fsp3) is 0.538. The van der Waals surface area contributed by atoms with Crippen molar-refractivity contribution in [3.05, 3.63) is 24.3 Å². The van der Waals surface area contributed by atoms with Gasteiger partial charge in [-0.25, -0.2) is 13.4 Å². The Labute approximate surface area is 122 Å². The first-order chi connectivity index (χ1) is 9.46. The molecule has 5 nitrogen and oxygen atoms in total. The first-order valence-electron chi connectivity index (χ1n) is 6.61. The van der Waals surface area contributed by atoms with Crippen LogP contribution >= 0.6 is 11.6 Å². The van der Waals surface area contributed by atoms with Crippen molar-refractivity contribution in [1.82, 2.24) is 14.5 Å². The van der Waals surface area contributed by atoms with Crippen molar-refractivity contribution in [3.63, 3.8) is 0 Å². The highest BCUT2D eigenvalue weighted by molar-refractivity contribution is 7.91. The summed E-state index contributed by atoms with van der Waals surface area (Å²) in [6.07, 6.45) is 4.14. The van der Waals surface area contributed by atoms with E-state index in [2.05, 4.69) is 9.97 Å². The van der Waals surface area contributed by atoms with E-state index in [9.17, 15) is 8.42 Å². The molecule has 1 saturated heterocycles. The Balaban J connectivity index is 1.99. The average molecular weight is 314 g/mol. The van der Waals surface area contributed by atoms with E-state index in [1.807, 2.05) is 17.6 Å². The van der Waals surface area contributed by atoms with E-state index in [-0.39, 0.29) is 22.8 Å². The van der Waals surface area contributed by atoms with Crippen LogP contribution in [0.4, 0.5) is 0 Å². The van der Waals surface area contributed by atoms with Crippen LogP contribution in [0.25, 0.3) is 11.0 Å². The van der Waals surface area contributed by atoms with E-state index in [1.54, 1.807) is 12.4 Å². The zero-order valence-corrected chi connectivity index (χ0v) is 12.7. The molecule has 0 N–H and O–H groups in total. The molecular weight excluding hydrogens is 298 g/mol. The van der Waals surface area contributed by atoms with Gasteiger partial charge in [-0.2, -0.15) is 0 Å². The maximum atomic E-state index is 11.6. The summed E-state index contributed by atoms with van der Waals surface area (Å²) in [7, 11) is -2.86. The lowest BCUT2D eigenvalue weighted by atomic mass is 10.1. The number of hydrogen-bond donors (Lipinski definition) is 0. The molecule has 1 aliphatic heterocycles. The van der Waals surface area contributed by atoms with Crippen molar-refractivity contribution in [2.45, 2.75) is 25.3 Å². The number of pyridine rings is 1. The Morgan fingerprint density at radius 2 is 2.35 bits per heavy atom. The molecule has 2 aromatic heterocycles. The Morgan fingerprint density at radius 1 is 1.55 bits per heavy atom. The van der Waals surface area contributed by atoms with Gasteiger partial charge in [0.2, 0.25) is 0 Å². The standard InChI is InChI=1S/C13H16ClN3O2S/c1-9(14)13-16-11-6-15-4-2-12(11)17(13)7-10-3-5-20(18,19)8-10/h2,4,6,9-10H,3,5,7-8H2,1H3. The van der Waals surface area contributed by atoms with Gasteiger partial charge in [-0.1, -0.05) is 0 Å². The third-order valence-corrected chi connectivity index (χ3v) is 5.74. The molecule has 1 aliphatic rings. The summed E-state index contributed by atoms with van der Waals surface area (Å²) in [5.41, 5.74) is 1.77. The Bertz CT molecular complexity index is 739. The largest absolute Gasteiger partial charge is 0.326 e. The van der Waals surface area contributed by atoms with Gasteiger partial charge in [0.15, 0.2) is 9.84 Å². The van der Waals surface area contributed by atoms with Crippen LogP contribution in [0.3, 0.4) is 0 Å². The van der Waals surface area contributed by atoms with Gasteiger partial charge >= 0.3 is 0 Å². The number of fused-ring (bicyclic) bond motifs is 1. The van der Waals surface area contributed by atoms with Crippen molar-refractivity contribution >= 4 is 32.5 Å². The van der Waals surface area contributed by atoms with Gasteiger partial charge in [0.1, 0.15) is 11.3 Å². The summed E-state index contributed by atoms with van der Waals surface area (Å²) in [5, 5.41) is -0.222. The zero-order valence-electron chi connectivity index (χ0n) is 11.2. The lowest BCUT2D eigenvalue weighted by Crippen LogP contribution is -2.15. The van der Waals surface area contributed by atoms with Crippen LogP contribution in [-0.2, 0) is 16.4 Å². The number of nitrogens with zero attached hydrogens (tertiary/aromatic N) is 3. The quantitative estimate of drug-likeness (QED) is 0.815. The maximum absolute atomic E-state index is 11.6. The van der Waals surface area contributed by atoms with Crippen molar-refractivity contribution in [1.29, 1.82) is 0 Å². The summed E-state index contributed by atoms with van der Waals surface area (Å²) < 4.78 is 25.2. The molecule has 108 valence electrons. The van der Waals surface area contributed by atoms with Gasteiger partial charge in [0.25, 0.3) is 0 Å². The second kappa shape index (κ2) is 5.00. The van der Waals surface area contributed by atoms with Crippen LogP contribution in [-0.4, -0.2) is 34.5 Å². The molecular formula is C13H16ClN3O2S. The highest BCUT2D eigenvalue weighted by Crippen LogP contribution is 2.28. The summed E-state index contributed by atoms with van der Waals surface area (Å²) in [5.74, 6) is 1.46. The third-order valence-electron chi connectivity index (χ3n) is 3.70. The minimum absolute atomic E-state index is 0.139. The van der Waals surface area contributed by atoms with Gasteiger partial charge < -0.3 is 4.57 Å². The van der Waals surface area contributed by atoms with Gasteiger partial charge in [-0.15, -0.1) is 11.6 Å². The minimum atomic E-state index is -2.86. The molecule has 0 aliphatic carbocycles. The van der Waals surface area contributed by atoms with Crippen molar-refractivity contribution < 1.29 is 8.42 Å². The lowest BCUT2D eigenvalue weighted by Gasteiger charge is -2.14. The molecule has 0 bridgehead atoms. The van der Waals surface area contributed by atoms with Crippen LogP contribution in [0.5, 0.6) is 0 Å². The number of imidazole rings is 1. The Morgan fingerprint density at radius 3 is 3.00 bits per heavy atom. The van der Waals surface area contributed by atoms with Gasteiger partial charge in [0, 0.05) is 12.7 Å². The van der Waals surface area contributed by atoms with E-state index in [0.29, 0.717) is 13.0 Å². The predicted octanol–water partition coefficient (Wildman–Crippen LogP) is 2.17. The van der Waals surface area contributed by atoms with E-state index in [4.69, 9.17) is 11.6 Å². The molecule has 20 heavy (non-hydrogen) atoms. The minimum Gasteiger partial charge on any atom is -0.326 e. The van der Waals surface area contributed by atoms with Crippen LogP contribution in [0.1, 0.15) is 24.5 Å². The number of aromatic nitrogens is 3.